The number of rotatable bonds is 5. The Hall–Kier alpha value is -1.10. The molecule has 0 aliphatic heterocycles. The Morgan fingerprint density at radius 1 is 1.11 bits per heavy atom. The maximum atomic E-state index is 12.1. The fourth-order valence-corrected chi connectivity index (χ4v) is 3.67. The van der Waals surface area contributed by atoms with E-state index in [0.29, 0.717) is 30.8 Å². The molecule has 0 aromatic heterocycles. The summed E-state index contributed by atoms with van der Waals surface area (Å²) in [6, 6.07) is 0.418. The second kappa shape index (κ2) is 5.12. The zero-order valence-corrected chi connectivity index (χ0v) is 11.2. The number of nitrogens with one attached hydrogen (secondary N) is 2. The van der Waals surface area contributed by atoms with Crippen LogP contribution in [0.2, 0.25) is 0 Å². The van der Waals surface area contributed by atoms with Crippen LogP contribution in [-0.2, 0) is 9.59 Å². The number of amides is 2. The molecule has 2 bridgehead atoms. The van der Waals surface area contributed by atoms with Gasteiger partial charge >= 0.3 is 0 Å². The van der Waals surface area contributed by atoms with Gasteiger partial charge in [0.25, 0.3) is 0 Å². The second-order valence-electron chi connectivity index (χ2n) is 6.32. The first-order chi connectivity index (χ1) is 9.15. The molecule has 0 radical (unpaired) electrons. The van der Waals surface area contributed by atoms with Gasteiger partial charge in [0.2, 0.25) is 11.8 Å². The third-order valence-electron chi connectivity index (χ3n) is 4.88. The van der Waals surface area contributed by atoms with Crippen molar-refractivity contribution in [2.45, 2.75) is 50.6 Å². The third kappa shape index (κ3) is 2.76. The maximum absolute atomic E-state index is 12.1. The second-order valence-corrected chi connectivity index (χ2v) is 6.32. The summed E-state index contributed by atoms with van der Waals surface area (Å²) >= 11 is 0. The van der Waals surface area contributed by atoms with Crippen LogP contribution in [-0.4, -0.2) is 30.4 Å². The lowest BCUT2D eigenvalue weighted by Gasteiger charge is -2.26. The number of fused-ring (bicyclic) bond motifs is 2. The van der Waals surface area contributed by atoms with Crippen molar-refractivity contribution in [2.24, 2.45) is 23.5 Å². The van der Waals surface area contributed by atoms with Crippen LogP contribution in [0.3, 0.4) is 0 Å². The van der Waals surface area contributed by atoms with Crippen LogP contribution in [0.5, 0.6) is 0 Å². The van der Waals surface area contributed by atoms with E-state index >= 15 is 0 Å². The molecule has 3 aliphatic carbocycles. The first-order valence-corrected chi connectivity index (χ1v) is 7.48. The SMILES string of the molecule is NC1C2CCC(C2)C1C(=O)NCCC(=O)NC1CC1. The smallest absolute Gasteiger partial charge is 0.224 e. The number of carbonyl (C=O) groups excluding carboxylic acids is 2. The van der Waals surface area contributed by atoms with Gasteiger partial charge in [-0.3, -0.25) is 9.59 Å². The molecule has 0 heterocycles. The van der Waals surface area contributed by atoms with Crippen LogP contribution < -0.4 is 16.4 Å². The Morgan fingerprint density at radius 3 is 2.47 bits per heavy atom. The first kappa shape index (κ1) is 12.9. The van der Waals surface area contributed by atoms with Crippen LogP contribution in [0.25, 0.3) is 0 Å². The van der Waals surface area contributed by atoms with Crippen LogP contribution in [0.4, 0.5) is 0 Å². The number of carbonyl (C=O) groups is 2. The van der Waals surface area contributed by atoms with E-state index in [1.54, 1.807) is 0 Å². The molecule has 3 rings (SSSR count). The summed E-state index contributed by atoms with van der Waals surface area (Å²) in [7, 11) is 0. The van der Waals surface area contributed by atoms with E-state index in [1.165, 1.54) is 6.42 Å². The van der Waals surface area contributed by atoms with Crippen molar-refractivity contribution < 1.29 is 9.59 Å². The highest BCUT2D eigenvalue weighted by Gasteiger charge is 2.48. The average molecular weight is 265 g/mol. The summed E-state index contributed by atoms with van der Waals surface area (Å²) in [5, 5.41) is 5.80. The Labute approximate surface area is 113 Å². The zero-order chi connectivity index (χ0) is 13.4. The molecule has 3 saturated carbocycles. The largest absolute Gasteiger partial charge is 0.355 e. The maximum Gasteiger partial charge on any atom is 0.224 e. The molecule has 5 nitrogen and oxygen atoms in total. The van der Waals surface area contributed by atoms with Crippen LogP contribution in [0, 0.1) is 17.8 Å². The highest BCUT2D eigenvalue weighted by Crippen LogP contribution is 2.47. The first-order valence-electron chi connectivity index (χ1n) is 7.48. The molecular weight excluding hydrogens is 242 g/mol. The van der Waals surface area contributed by atoms with E-state index in [-0.39, 0.29) is 23.8 Å². The molecule has 0 spiro atoms. The number of hydrogen-bond acceptors (Lipinski definition) is 3. The number of nitrogens with two attached hydrogens (primary N) is 1. The van der Waals surface area contributed by atoms with Gasteiger partial charge in [0.05, 0.1) is 5.92 Å². The van der Waals surface area contributed by atoms with Gasteiger partial charge in [-0.1, -0.05) is 0 Å². The summed E-state index contributed by atoms with van der Waals surface area (Å²) in [5.41, 5.74) is 6.13. The molecule has 0 aromatic carbocycles. The van der Waals surface area contributed by atoms with Gasteiger partial charge in [0, 0.05) is 25.0 Å². The van der Waals surface area contributed by atoms with Crippen LogP contribution in [0.1, 0.15) is 38.5 Å². The van der Waals surface area contributed by atoms with E-state index in [2.05, 4.69) is 10.6 Å². The molecule has 3 fully saturated rings. The van der Waals surface area contributed by atoms with Gasteiger partial charge in [-0.15, -0.1) is 0 Å². The van der Waals surface area contributed by atoms with E-state index in [9.17, 15) is 9.59 Å². The van der Waals surface area contributed by atoms with Crippen molar-refractivity contribution in [1.29, 1.82) is 0 Å². The topological polar surface area (TPSA) is 84.2 Å². The Morgan fingerprint density at radius 2 is 1.84 bits per heavy atom. The van der Waals surface area contributed by atoms with Gasteiger partial charge < -0.3 is 16.4 Å². The molecule has 2 amide bonds. The lowest BCUT2D eigenvalue weighted by atomic mass is 9.84. The Kier molecular flexibility index (Phi) is 3.48. The van der Waals surface area contributed by atoms with Crippen LogP contribution >= 0.6 is 0 Å². The highest BCUT2D eigenvalue weighted by molar-refractivity contribution is 5.82. The normalized spacial score (nSPS) is 36.3. The highest BCUT2D eigenvalue weighted by atomic mass is 16.2. The minimum absolute atomic E-state index is 0.0229. The lowest BCUT2D eigenvalue weighted by molar-refractivity contribution is -0.127. The van der Waals surface area contributed by atoms with E-state index in [0.717, 1.165) is 25.7 Å². The molecule has 3 aliphatic rings. The van der Waals surface area contributed by atoms with Crippen molar-refractivity contribution in [3.05, 3.63) is 0 Å². The molecule has 4 unspecified atom stereocenters. The van der Waals surface area contributed by atoms with Crippen molar-refractivity contribution in [3.8, 4) is 0 Å². The standard InChI is InChI=1S/C14H23N3O2/c15-13-9-2-1-8(7-9)12(13)14(19)16-6-5-11(18)17-10-3-4-10/h8-10,12-13H,1-7,15H2,(H,16,19)(H,17,18). The average Bonchev–Trinajstić information content (AvgIpc) is 2.96. The molecular formula is C14H23N3O2. The van der Waals surface area contributed by atoms with Gasteiger partial charge in [-0.05, 0) is 43.9 Å². The van der Waals surface area contributed by atoms with Crippen molar-refractivity contribution in [2.75, 3.05) is 6.54 Å². The minimum atomic E-state index is -0.0229. The Bertz CT molecular complexity index is 379. The number of hydrogen-bond donors (Lipinski definition) is 3. The van der Waals surface area contributed by atoms with Gasteiger partial charge in [0.1, 0.15) is 0 Å². The molecule has 0 aromatic rings. The lowest BCUT2D eigenvalue weighted by Crippen LogP contribution is -2.46. The van der Waals surface area contributed by atoms with Gasteiger partial charge in [-0.25, -0.2) is 0 Å². The summed E-state index contributed by atoms with van der Waals surface area (Å²) in [6.45, 7) is 0.429. The third-order valence-corrected chi connectivity index (χ3v) is 4.88. The van der Waals surface area contributed by atoms with Gasteiger partial charge in [-0.2, -0.15) is 0 Å². The summed E-state index contributed by atoms with van der Waals surface area (Å²) in [4.78, 5) is 23.6. The molecule has 4 N–H and O–H groups in total. The summed E-state index contributed by atoms with van der Waals surface area (Å²) < 4.78 is 0. The van der Waals surface area contributed by atoms with E-state index in [1.807, 2.05) is 0 Å². The Balaban J connectivity index is 1.40. The molecule has 106 valence electrons. The predicted molar refractivity (Wildman–Crippen MR) is 71.1 cm³/mol. The molecule has 4 atom stereocenters. The fraction of sp³-hybridized carbons (Fsp3) is 0.857. The van der Waals surface area contributed by atoms with Crippen LogP contribution in [0.15, 0.2) is 0 Å². The molecule has 5 heteroatoms. The van der Waals surface area contributed by atoms with E-state index < -0.39 is 0 Å². The quantitative estimate of drug-likeness (QED) is 0.661. The van der Waals surface area contributed by atoms with Crippen molar-refractivity contribution in [1.82, 2.24) is 10.6 Å². The molecule has 19 heavy (non-hydrogen) atoms. The molecule has 0 saturated heterocycles. The van der Waals surface area contributed by atoms with Gasteiger partial charge in [0.15, 0.2) is 0 Å². The zero-order valence-electron chi connectivity index (χ0n) is 11.2. The van der Waals surface area contributed by atoms with E-state index in [4.69, 9.17) is 5.73 Å². The summed E-state index contributed by atoms with van der Waals surface area (Å²) in [6.07, 6.45) is 5.99. The monoisotopic (exact) mass is 265 g/mol. The predicted octanol–water partition coefficient (Wildman–Crippen LogP) is 0.145. The summed E-state index contributed by atoms with van der Waals surface area (Å²) in [5.74, 6) is 1.09. The van der Waals surface area contributed by atoms with Crippen molar-refractivity contribution >= 4 is 11.8 Å². The minimum Gasteiger partial charge on any atom is -0.355 e. The fourth-order valence-electron chi connectivity index (χ4n) is 3.67. The van der Waals surface area contributed by atoms with Crippen molar-refractivity contribution in [3.63, 3.8) is 0 Å².